The molecule has 3 nitrogen and oxygen atoms in total. The third kappa shape index (κ3) is 6.62. The topological polar surface area (TPSA) is 55.1 Å². The molecule has 0 aromatic rings. The molecule has 0 heterocycles. The molecule has 0 bridgehead atoms. The van der Waals surface area contributed by atoms with E-state index in [1.165, 1.54) is 25.7 Å². The number of amides is 1. The molecule has 0 saturated heterocycles. The van der Waals surface area contributed by atoms with Gasteiger partial charge in [0.25, 0.3) is 0 Å². The predicted octanol–water partition coefficient (Wildman–Crippen LogP) is 3.26. The second kappa shape index (κ2) is 8.80. The number of nitrogens with one attached hydrogen (secondary N) is 1. The van der Waals surface area contributed by atoms with Gasteiger partial charge in [0.15, 0.2) is 0 Å². The van der Waals surface area contributed by atoms with E-state index >= 15 is 0 Å². The van der Waals surface area contributed by atoms with Crippen LogP contribution >= 0.6 is 12.4 Å². The first kappa shape index (κ1) is 18.7. The molecule has 2 atom stereocenters. The smallest absolute Gasteiger partial charge is 0.220 e. The van der Waals surface area contributed by atoms with Gasteiger partial charge in [0.05, 0.1) is 0 Å². The van der Waals surface area contributed by atoms with Crippen LogP contribution in [0.5, 0.6) is 0 Å². The van der Waals surface area contributed by atoms with Crippen molar-refractivity contribution in [3.8, 4) is 0 Å². The fourth-order valence-electron chi connectivity index (χ4n) is 2.85. The molecule has 1 rings (SSSR count). The van der Waals surface area contributed by atoms with E-state index in [9.17, 15) is 4.79 Å². The van der Waals surface area contributed by atoms with Crippen molar-refractivity contribution in [3.63, 3.8) is 0 Å². The molecule has 1 fully saturated rings. The molecule has 2 unspecified atom stereocenters. The standard InChI is InChI=1S/C15H30N2O.ClH/c1-4-15(16,5-2)11-17-14(18)10-13-8-6-7-12(3)9-13;/h12-13H,4-11,16H2,1-3H3,(H,17,18);1H. The van der Waals surface area contributed by atoms with Crippen LogP contribution in [0.25, 0.3) is 0 Å². The zero-order valence-corrected chi connectivity index (χ0v) is 13.5. The van der Waals surface area contributed by atoms with Crippen molar-refractivity contribution in [2.75, 3.05) is 6.54 Å². The summed E-state index contributed by atoms with van der Waals surface area (Å²) in [5.41, 5.74) is 5.96. The Bertz CT molecular complexity index is 267. The van der Waals surface area contributed by atoms with Crippen LogP contribution in [0, 0.1) is 11.8 Å². The fraction of sp³-hybridized carbons (Fsp3) is 0.933. The van der Waals surface area contributed by atoms with Gasteiger partial charge in [0, 0.05) is 18.5 Å². The molecule has 4 heteroatoms. The highest BCUT2D eigenvalue weighted by molar-refractivity contribution is 5.85. The van der Waals surface area contributed by atoms with E-state index in [2.05, 4.69) is 26.1 Å². The van der Waals surface area contributed by atoms with Crippen LogP contribution in [0.4, 0.5) is 0 Å². The molecule has 1 aliphatic rings. The maximum absolute atomic E-state index is 11.9. The average molecular weight is 291 g/mol. The summed E-state index contributed by atoms with van der Waals surface area (Å²) in [7, 11) is 0. The molecule has 0 aromatic heterocycles. The summed E-state index contributed by atoms with van der Waals surface area (Å²) in [5, 5.41) is 3.02. The molecule has 0 aromatic carbocycles. The average Bonchev–Trinajstić information content (AvgIpc) is 2.36. The highest BCUT2D eigenvalue weighted by Crippen LogP contribution is 2.30. The Morgan fingerprint density at radius 2 is 1.95 bits per heavy atom. The third-order valence-electron chi connectivity index (χ3n) is 4.56. The van der Waals surface area contributed by atoms with Gasteiger partial charge in [-0.3, -0.25) is 4.79 Å². The number of hydrogen-bond acceptors (Lipinski definition) is 2. The Kier molecular flexibility index (Phi) is 8.67. The van der Waals surface area contributed by atoms with Gasteiger partial charge < -0.3 is 11.1 Å². The summed E-state index contributed by atoms with van der Waals surface area (Å²) in [6.07, 6.45) is 7.54. The Labute approximate surface area is 124 Å². The zero-order chi connectivity index (χ0) is 13.6. The number of halogens is 1. The summed E-state index contributed by atoms with van der Waals surface area (Å²) >= 11 is 0. The van der Waals surface area contributed by atoms with Crippen LogP contribution in [0.2, 0.25) is 0 Å². The van der Waals surface area contributed by atoms with Gasteiger partial charge in [-0.2, -0.15) is 0 Å². The second-order valence-corrected chi connectivity index (χ2v) is 6.19. The van der Waals surface area contributed by atoms with Crippen LogP contribution in [0.3, 0.4) is 0 Å². The molecule has 0 spiro atoms. The van der Waals surface area contributed by atoms with Crippen molar-refractivity contribution in [1.29, 1.82) is 0 Å². The molecule has 1 aliphatic carbocycles. The van der Waals surface area contributed by atoms with E-state index < -0.39 is 0 Å². The van der Waals surface area contributed by atoms with E-state index in [1.807, 2.05) is 0 Å². The molecule has 1 amide bonds. The summed E-state index contributed by atoms with van der Waals surface area (Å²) in [6, 6.07) is 0. The highest BCUT2D eigenvalue weighted by Gasteiger charge is 2.24. The number of carbonyl (C=O) groups excluding carboxylic acids is 1. The van der Waals surface area contributed by atoms with Gasteiger partial charge in [-0.05, 0) is 37.5 Å². The zero-order valence-electron chi connectivity index (χ0n) is 12.7. The lowest BCUT2D eigenvalue weighted by Crippen LogP contribution is -2.49. The fourth-order valence-corrected chi connectivity index (χ4v) is 2.85. The van der Waals surface area contributed by atoms with Gasteiger partial charge in [-0.15, -0.1) is 12.4 Å². The molecule has 19 heavy (non-hydrogen) atoms. The van der Waals surface area contributed by atoms with Crippen LogP contribution in [0.15, 0.2) is 0 Å². The largest absolute Gasteiger partial charge is 0.354 e. The van der Waals surface area contributed by atoms with Crippen LogP contribution in [-0.4, -0.2) is 18.0 Å². The molecular weight excluding hydrogens is 260 g/mol. The van der Waals surface area contributed by atoms with E-state index in [4.69, 9.17) is 5.73 Å². The minimum Gasteiger partial charge on any atom is -0.354 e. The normalized spacial score (nSPS) is 23.6. The lowest BCUT2D eigenvalue weighted by atomic mass is 9.80. The number of hydrogen-bond donors (Lipinski definition) is 2. The van der Waals surface area contributed by atoms with Crippen molar-refractivity contribution in [1.82, 2.24) is 5.32 Å². The van der Waals surface area contributed by atoms with Crippen molar-refractivity contribution in [2.24, 2.45) is 17.6 Å². The minimum atomic E-state index is -0.227. The van der Waals surface area contributed by atoms with E-state index in [1.54, 1.807) is 0 Å². The van der Waals surface area contributed by atoms with Crippen molar-refractivity contribution >= 4 is 18.3 Å². The molecular formula is C15H31ClN2O. The maximum Gasteiger partial charge on any atom is 0.220 e. The van der Waals surface area contributed by atoms with Crippen LogP contribution < -0.4 is 11.1 Å². The van der Waals surface area contributed by atoms with Crippen molar-refractivity contribution in [2.45, 2.75) is 71.3 Å². The Morgan fingerprint density at radius 3 is 2.47 bits per heavy atom. The van der Waals surface area contributed by atoms with E-state index in [0.717, 1.165) is 18.8 Å². The minimum absolute atomic E-state index is 0. The third-order valence-corrected chi connectivity index (χ3v) is 4.56. The number of carbonyl (C=O) groups is 1. The Balaban J connectivity index is 0.00000324. The molecule has 1 saturated carbocycles. The lowest BCUT2D eigenvalue weighted by Gasteiger charge is -2.29. The van der Waals surface area contributed by atoms with E-state index in [0.29, 0.717) is 18.9 Å². The number of nitrogens with two attached hydrogens (primary N) is 1. The van der Waals surface area contributed by atoms with Gasteiger partial charge >= 0.3 is 0 Å². The summed E-state index contributed by atoms with van der Waals surface area (Å²) in [5.74, 6) is 1.56. The lowest BCUT2D eigenvalue weighted by molar-refractivity contribution is -0.122. The molecule has 0 radical (unpaired) electrons. The van der Waals surface area contributed by atoms with Crippen LogP contribution in [0.1, 0.15) is 65.7 Å². The number of rotatable bonds is 6. The van der Waals surface area contributed by atoms with Gasteiger partial charge in [0.1, 0.15) is 0 Å². The van der Waals surface area contributed by atoms with Gasteiger partial charge in [-0.1, -0.05) is 33.6 Å². The second-order valence-electron chi connectivity index (χ2n) is 6.19. The van der Waals surface area contributed by atoms with Gasteiger partial charge in [0.2, 0.25) is 5.91 Å². The summed E-state index contributed by atoms with van der Waals surface area (Å²) in [4.78, 5) is 11.9. The van der Waals surface area contributed by atoms with Crippen LogP contribution in [-0.2, 0) is 4.79 Å². The Hall–Kier alpha value is -0.280. The highest BCUT2D eigenvalue weighted by atomic mass is 35.5. The monoisotopic (exact) mass is 290 g/mol. The first-order valence-electron chi connectivity index (χ1n) is 7.54. The Morgan fingerprint density at radius 1 is 1.32 bits per heavy atom. The molecule has 0 aliphatic heterocycles. The first-order valence-corrected chi connectivity index (χ1v) is 7.54. The van der Waals surface area contributed by atoms with Crippen molar-refractivity contribution < 1.29 is 4.79 Å². The maximum atomic E-state index is 11.9. The quantitative estimate of drug-likeness (QED) is 0.789. The summed E-state index contributed by atoms with van der Waals surface area (Å²) in [6.45, 7) is 7.07. The summed E-state index contributed by atoms with van der Waals surface area (Å²) < 4.78 is 0. The SMILES string of the molecule is CCC(N)(CC)CNC(=O)CC1CCCC(C)C1.Cl. The molecule has 3 N–H and O–H groups in total. The van der Waals surface area contributed by atoms with E-state index in [-0.39, 0.29) is 23.9 Å². The first-order chi connectivity index (χ1) is 8.49. The van der Waals surface area contributed by atoms with Gasteiger partial charge in [-0.25, -0.2) is 0 Å². The predicted molar refractivity (Wildman–Crippen MR) is 83.5 cm³/mol. The molecule has 114 valence electrons. The van der Waals surface area contributed by atoms with Crippen molar-refractivity contribution in [3.05, 3.63) is 0 Å².